The Morgan fingerprint density at radius 1 is 1.41 bits per heavy atom. The average molecular weight is 343 g/mol. The lowest BCUT2D eigenvalue weighted by molar-refractivity contribution is 0.165. The molecule has 0 fully saturated rings. The van der Waals surface area contributed by atoms with Gasteiger partial charge in [-0.25, -0.2) is 4.68 Å². The van der Waals surface area contributed by atoms with Crippen LogP contribution in [0.1, 0.15) is 11.6 Å². The van der Waals surface area contributed by atoms with Crippen molar-refractivity contribution in [1.29, 1.82) is 0 Å². The van der Waals surface area contributed by atoms with Crippen LogP contribution in [0.15, 0.2) is 36.5 Å². The van der Waals surface area contributed by atoms with Crippen LogP contribution in [0.5, 0.6) is 0 Å². The van der Waals surface area contributed by atoms with Crippen molar-refractivity contribution in [2.24, 2.45) is 0 Å². The van der Waals surface area contributed by atoms with Crippen LogP contribution in [0.3, 0.4) is 0 Å². The summed E-state index contributed by atoms with van der Waals surface area (Å²) >= 11 is 2.18. The summed E-state index contributed by atoms with van der Waals surface area (Å²) in [4.78, 5) is 0. The number of anilines is 1. The third kappa shape index (κ3) is 2.61. The van der Waals surface area contributed by atoms with Crippen LogP contribution in [-0.4, -0.2) is 23.5 Å². The summed E-state index contributed by atoms with van der Waals surface area (Å²) in [5.74, 6) is 0.677. The van der Waals surface area contributed by atoms with E-state index in [0.29, 0.717) is 12.4 Å². The second-order valence-electron chi connectivity index (χ2n) is 3.70. The van der Waals surface area contributed by atoms with Crippen LogP contribution in [0.4, 0.5) is 5.82 Å². The number of hydrogen-bond donors (Lipinski definition) is 1. The molecule has 1 aromatic heterocycles. The molecule has 2 N–H and O–H groups in total. The molecule has 1 aromatic carbocycles. The first-order valence-electron chi connectivity index (χ1n) is 5.26. The molecule has 0 spiro atoms. The molecule has 1 atom stereocenters. The van der Waals surface area contributed by atoms with Gasteiger partial charge in [-0.15, -0.1) is 0 Å². The Labute approximate surface area is 114 Å². The standard InChI is InChI=1S/C12H14IN3O/c1-17-8-11(9-5-3-2-4-6-9)16-12(14)10(13)7-15-16/h2-7,11H,8,14H2,1H3. The van der Waals surface area contributed by atoms with Gasteiger partial charge in [0.15, 0.2) is 0 Å². The number of methoxy groups -OCH3 is 1. The minimum atomic E-state index is 0.0183. The van der Waals surface area contributed by atoms with E-state index < -0.39 is 0 Å². The largest absolute Gasteiger partial charge is 0.383 e. The fraction of sp³-hybridized carbons (Fsp3) is 0.250. The van der Waals surface area contributed by atoms with Crippen molar-refractivity contribution in [2.75, 3.05) is 19.5 Å². The van der Waals surface area contributed by atoms with Crippen LogP contribution in [0.2, 0.25) is 0 Å². The van der Waals surface area contributed by atoms with Crippen LogP contribution in [0.25, 0.3) is 0 Å². The number of nitrogens with zero attached hydrogens (tertiary/aromatic N) is 2. The topological polar surface area (TPSA) is 53.1 Å². The molecule has 2 aromatic rings. The molecule has 5 heteroatoms. The molecule has 1 heterocycles. The lowest BCUT2D eigenvalue weighted by Gasteiger charge is -2.18. The summed E-state index contributed by atoms with van der Waals surface area (Å²) in [7, 11) is 1.68. The van der Waals surface area contributed by atoms with Crippen LogP contribution in [-0.2, 0) is 4.74 Å². The summed E-state index contributed by atoms with van der Waals surface area (Å²) in [5, 5.41) is 4.31. The monoisotopic (exact) mass is 343 g/mol. The van der Waals surface area contributed by atoms with E-state index in [1.165, 1.54) is 0 Å². The van der Waals surface area contributed by atoms with Crippen molar-refractivity contribution in [1.82, 2.24) is 9.78 Å². The van der Waals surface area contributed by atoms with Gasteiger partial charge < -0.3 is 10.5 Å². The number of ether oxygens (including phenoxy) is 1. The molecular weight excluding hydrogens is 329 g/mol. The Hall–Kier alpha value is -1.08. The molecule has 90 valence electrons. The molecule has 2 rings (SSSR count). The van der Waals surface area contributed by atoms with Crippen molar-refractivity contribution >= 4 is 28.4 Å². The molecule has 4 nitrogen and oxygen atoms in total. The summed E-state index contributed by atoms with van der Waals surface area (Å²) in [6, 6.07) is 10.1. The zero-order valence-corrected chi connectivity index (χ0v) is 11.7. The van der Waals surface area contributed by atoms with Gasteiger partial charge in [0.2, 0.25) is 0 Å². The first-order chi connectivity index (χ1) is 8.24. The molecule has 17 heavy (non-hydrogen) atoms. The highest BCUT2D eigenvalue weighted by Crippen LogP contribution is 2.23. The molecule has 0 bridgehead atoms. The Balaban J connectivity index is 2.39. The molecule has 0 aliphatic carbocycles. The van der Waals surface area contributed by atoms with Crippen molar-refractivity contribution in [3.05, 3.63) is 45.7 Å². The molecule has 0 saturated carbocycles. The minimum Gasteiger partial charge on any atom is -0.383 e. The van der Waals surface area contributed by atoms with E-state index in [2.05, 4.69) is 39.8 Å². The normalized spacial score (nSPS) is 12.6. The van der Waals surface area contributed by atoms with E-state index in [4.69, 9.17) is 10.5 Å². The summed E-state index contributed by atoms with van der Waals surface area (Å²) < 4.78 is 8.02. The number of halogens is 1. The molecule has 0 radical (unpaired) electrons. The number of nitrogen functional groups attached to an aromatic ring is 1. The molecule has 1 unspecified atom stereocenters. The highest BCUT2D eigenvalue weighted by atomic mass is 127. The molecule has 0 aliphatic heterocycles. The second kappa shape index (κ2) is 5.50. The van der Waals surface area contributed by atoms with Crippen molar-refractivity contribution < 1.29 is 4.74 Å². The van der Waals surface area contributed by atoms with Gasteiger partial charge in [-0.2, -0.15) is 5.10 Å². The molecular formula is C12H14IN3O. The van der Waals surface area contributed by atoms with E-state index in [-0.39, 0.29) is 6.04 Å². The maximum atomic E-state index is 6.01. The van der Waals surface area contributed by atoms with E-state index >= 15 is 0 Å². The lowest BCUT2D eigenvalue weighted by atomic mass is 10.1. The molecule has 0 saturated heterocycles. The van der Waals surface area contributed by atoms with Crippen LogP contribution < -0.4 is 5.73 Å². The highest BCUT2D eigenvalue weighted by Gasteiger charge is 2.17. The zero-order valence-electron chi connectivity index (χ0n) is 9.51. The maximum Gasteiger partial charge on any atom is 0.136 e. The van der Waals surface area contributed by atoms with Gasteiger partial charge in [0.05, 0.1) is 16.4 Å². The number of rotatable bonds is 4. The summed E-state index contributed by atoms with van der Waals surface area (Å²) in [5.41, 5.74) is 7.15. The number of benzene rings is 1. The van der Waals surface area contributed by atoms with Gasteiger partial charge in [-0.1, -0.05) is 30.3 Å². The average Bonchev–Trinajstić information content (AvgIpc) is 2.69. The van der Waals surface area contributed by atoms with Gasteiger partial charge in [0.1, 0.15) is 11.9 Å². The second-order valence-corrected chi connectivity index (χ2v) is 4.87. The van der Waals surface area contributed by atoms with Gasteiger partial charge >= 0.3 is 0 Å². The highest BCUT2D eigenvalue weighted by molar-refractivity contribution is 14.1. The van der Waals surface area contributed by atoms with E-state index in [1.807, 2.05) is 18.2 Å². The first-order valence-corrected chi connectivity index (χ1v) is 6.34. The van der Waals surface area contributed by atoms with Crippen molar-refractivity contribution in [3.63, 3.8) is 0 Å². The number of nitrogens with two attached hydrogens (primary N) is 1. The third-order valence-electron chi connectivity index (χ3n) is 2.59. The van der Waals surface area contributed by atoms with Crippen LogP contribution >= 0.6 is 22.6 Å². The molecule has 0 aliphatic rings. The maximum absolute atomic E-state index is 6.01. The van der Waals surface area contributed by atoms with Crippen molar-refractivity contribution in [3.8, 4) is 0 Å². The first kappa shape index (κ1) is 12.4. The Morgan fingerprint density at radius 3 is 2.65 bits per heavy atom. The summed E-state index contributed by atoms with van der Waals surface area (Å²) in [6.07, 6.45) is 1.77. The van der Waals surface area contributed by atoms with E-state index in [1.54, 1.807) is 18.0 Å². The van der Waals surface area contributed by atoms with Gasteiger partial charge in [0, 0.05) is 7.11 Å². The van der Waals surface area contributed by atoms with E-state index in [9.17, 15) is 0 Å². The predicted molar refractivity (Wildman–Crippen MR) is 75.8 cm³/mol. The Kier molecular flexibility index (Phi) is 4.01. The SMILES string of the molecule is COCC(c1ccccc1)n1ncc(I)c1N. The van der Waals surface area contributed by atoms with Gasteiger partial charge in [0.25, 0.3) is 0 Å². The zero-order chi connectivity index (χ0) is 12.3. The Bertz CT molecular complexity index is 484. The number of aromatic nitrogens is 2. The smallest absolute Gasteiger partial charge is 0.136 e. The van der Waals surface area contributed by atoms with Crippen molar-refractivity contribution in [2.45, 2.75) is 6.04 Å². The lowest BCUT2D eigenvalue weighted by Crippen LogP contribution is -2.19. The van der Waals surface area contributed by atoms with Crippen LogP contribution in [0, 0.1) is 3.57 Å². The fourth-order valence-corrected chi connectivity index (χ4v) is 2.11. The number of hydrogen-bond acceptors (Lipinski definition) is 3. The third-order valence-corrected chi connectivity index (χ3v) is 3.42. The quantitative estimate of drug-likeness (QED) is 0.867. The van der Waals surface area contributed by atoms with Gasteiger partial charge in [-0.3, -0.25) is 0 Å². The van der Waals surface area contributed by atoms with E-state index in [0.717, 1.165) is 9.13 Å². The minimum absolute atomic E-state index is 0.0183. The Morgan fingerprint density at radius 2 is 2.12 bits per heavy atom. The van der Waals surface area contributed by atoms with Gasteiger partial charge in [-0.05, 0) is 28.2 Å². The predicted octanol–water partition coefficient (Wildman–Crippen LogP) is 2.31. The summed E-state index contributed by atoms with van der Waals surface area (Å²) in [6.45, 7) is 0.548. The fourth-order valence-electron chi connectivity index (χ4n) is 1.74. The molecule has 0 amide bonds.